The molecule has 1 heterocycles. The molecule has 1 aromatic rings. The van der Waals surface area contributed by atoms with Crippen molar-refractivity contribution < 1.29 is 9.84 Å². The lowest BCUT2D eigenvalue weighted by atomic mass is 10.0. The van der Waals surface area contributed by atoms with Gasteiger partial charge >= 0.3 is 0 Å². The van der Waals surface area contributed by atoms with Gasteiger partial charge in [0, 0.05) is 6.42 Å². The van der Waals surface area contributed by atoms with Crippen LogP contribution in [0.3, 0.4) is 0 Å². The number of hydrogen-bond acceptors (Lipinski definition) is 7. The summed E-state index contributed by atoms with van der Waals surface area (Å²) in [5.74, 6) is 5.13. The molecule has 0 aliphatic heterocycles. The van der Waals surface area contributed by atoms with E-state index in [1.54, 1.807) is 6.08 Å². The Morgan fingerprint density at radius 3 is 3.15 bits per heavy atom. The summed E-state index contributed by atoms with van der Waals surface area (Å²) in [6.45, 7) is 0. The molecule has 0 unspecified atom stereocenters. The van der Waals surface area contributed by atoms with Gasteiger partial charge in [-0.1, -0.05) is 11.2 Å². The molecule has 0 fully saturated rings. The van der Waals surface area contributed by atoms with E-state index in [0.717, 1.165) is 0 Å². The summed E-state index contributed by atoms with van der Waals surface area (Å²) < 4.78 is 4.51. The molecule has 68 valence electrons. The first kappa shape index (κ1) is 7.74. The minimum atomic E-state index is 0.338. The van der Waals surface area contributed by atoms with Crippen LogP contribution in [0.5, 0.6) is 0 Å². The molecule has 4 N–H and O–H groups in total. The molecule has 2 rings (SSSR count). The van der Waals surface area contributed by atoms with Crippen LogP contribution in [0.4, 0.5) is 0 Å². The summed E-state index contributed by atoms with van der Waals surface area (Å²) in [6.07, 6.45) is 2.22. The summed E-state index contributed by atoms with van der Waals surface area (Å²) in [5.41, 5.74) is 3.84. The average molecular weight is 181 g/mol. The Balaban J connectivity index is 2.49. The van der Waals surface area contributed by atoms with Crippen LogP contribution < -0.4 is 11.3 Å². The first-order valence-corrected chi connectivity index (χ1v) is 3.57. The highest BCUT2D eigenvalue weighted by Crippen LogP contribution is 2.15. The fraction of sp³-hybridized carbons (Fsp3) is 0.167. The average Bonchev–Trinajstić information content (AvgIpc) is 2.63. The molecule has 0 bridgehead atoms. The third kappa shape index (κ3) is 1.05. The maximum atomic E-state index is 8.72. The summed E-state index contributed by atoms with van der Waals surface area (Å²) >= 11 is 0. The molecule has 0 spiro atoms. The van der Waals surface area contributed by atoms with Gasteiger partial charge in [0.15, 0.2) is 5.69 Å². The van der Waals surface area contributed by atoms with Crippen molar-refractivity contribution in [3.05, 3.63) is 23.2 Å². The smallest absolute Gasteiger partial charge is 0.160 e. The fourth-order valence-corrected chi connectivity index (χ4v) is 1.17. The molecule has 7 nitrogen and oxygen atoms in total. The van der Waals surface area contributed by atoms with Gasteiger partial charge in [0.25, 0.3) is 0 Å². The first-order chi connectivity index (χ1) is 6.36. The molecule has 0 saturated carbocycles. The summed E-state index contributed by atoms with van der Waals surface area (Å²) in [6, 6.07) is 0. The third-order valence-corrected chi connectivity index (χ3v) is 1.78. The highest BCUT2D eigenvalue weighted by Gasteiger charge is 2.23. The minimum Gasteiger partial charge on any atom is -0.323 e. The number of rotatable bonds is 1. The Morgan fingerprint density at radius 2 is 2.46 bits per heavy atom. The van der Waals surface area contributed by atoms with E-state index in [0.29, 0.717) is 29.2 Å². The first-order valence-electron chi connectivity index (χ1n) is 3.57. The van der Waals surface area contributed by atoms with Gasteiger partial charge in [-0.2, -0.15) is 5.10 Å². The van der Waals surface area contributed by atoms with E-state index in [1.165, 1.54) is 0 Å². The van der Waals surface area contributed by atoms with Gasteiger partial charge in [0.1, 0.15) is 11.4 Å². The zero-order valence-electron chi connectivity index (χ0n) is 6.56. The topological polar surface area (TPSA) is 110 Å². The Labute approximate surface area is 72.8 Å². The molecule has 0 radical (unpaired) electrons. The van der Waals surface area contributed by atoms with E-state index >= 15 is 0 Å². The minimum absolute atomic E-state index is 0.338. The molecule has 0 aromatic carbocycles. The van der Waals surface area contributed by atoms with E-state index in [1.807, 2.05) is 5.48 Å². The van der Waals surface area contributed by atoms with Gasteiger partial charge in [0.05, 0.1) is 5.70 Å². The molecular weight excluding hydrogens is 174 g/mol. The van der Waals surface area contributed by atoms with Gasteiger partial charge in [-0.25, -0.2) is 4.63 Å². The van der Waals surface area contributed by atoms with Crippen molar-refractivity contribution in [2.24, 2.45) is 10.9 Å². The van der Waals surface area contributed by atoms with Crippen LogP contribution >= 0.6 is 0 Å². The predicted octanol–water partition coefficient (Wildman–Crippen LogP) is -0.849. The quantitative estimate of drug-likeness (QED) is 0.384. The molecule has 1 aliphatic rings. The Hall–Kier alpha value is -1.89. The highest BCUT2D eigenvalue weighted by atomic mass is 16.6. The molecule has 1 aromatic heterocycles. The summed E-state index contributed by atoms with van der Waals surface area (Å²) in [7, 11) is 0. The second-order valence-corrected chi connectivity index (χ2v) is 2.47. The van der Waals surface area contributed by atoms with Gasteiger partial charge in [-0.3, -0.25) is 10.7 Å². The van der Waals surface area contributed by atoms with E-state index in [9.17, 15) is 0 Å². The molecule has 0 saturated heterocycles. The lowest BCUT2D eigenvalue weighted by Gasteiger charge is -2.10. The maximum Gasteiger partial charge on any atom is 0.160 e. The number of hydrazone groups is 1. The number of allylic oxidation sites excluding steroid dienone is 2. The standard InChI is InChI=1S/C6H7N5O2/c7-8-5-3(9-12)1-2-4-6(5)11-13-10-4/h1,9,12H,2,7H2. The van der Waals surface area contributed by atoms with E-state index in [-0.39, 0.29) is 0 Å². The number of nitrogens with two attached hydrogens (primary N) is 1. The van der Waals surface area contributed by atoms with Crippen molar-refractivity contribution in [3.8, 4) is 0 Å². The Kier molecular flexibility index (Phi) is 1.71. The fourth-order valence-electron chi connectivity index (χ4n) is 1.17. The summed E-state index contributed by atoms with van der Waals surface area (Å²) in [5, 5.41) is 19.5. The maximum absolute atomic E-state index is 8.72. The number of fused-ring (bicyclic) bond motifs is 1. The Morgan fingerprint density at radius 1 is 1.62 bits per heavy atom. The number of aromatic nitrogens is 2. The third-order valence-electron chi connectivity index (χ3n) is 1.78. The zero-order valence-corrected chi connectivity index (χ0v) is 6.56. The molecule has 7 heteroatoms. The second kappa shape index (κ2) is 2.87. The van der Waals surface area contributed by atoms with Crippen LogP contribution in [0.25, 0.3) is 0 Å². The number of nitrogens with one attached hydrogen (secondary N) is 1. The van der Waals surface area contributed by atoms with Crippen LogP contribution in [0.1, 0.15) is 11.4 Å². The van der Waals surface area contributed by atoms with Crippen LogP contribution in [0, 0.1) is 0 Å². The van der Waals surface area contributed by atoms with Crippen LogP contribution in [0.2, 0.25) is 0 Å². The molecule has 1 aliphatic carbocycles. The van der Waals surface area contributed by atoms with Crippen molar-refractivity contribution in [2.75, 3.05) is 0 Å². The van der Waals surface area contributed by atoms with Crippen molar-refractivity contribution in [1.82, 2.24) is 15.8 Å². The van der Waals surface area contributed by atoms with Crippen LogP contribution in [-0.4, -0.2) is 21.2 Å². The van der Waals surface area contributed by atoms with Crippen LogP contribution in [0.15, 0.2) is 21.5 Å². The van der Waals surface area contributed by atoms with Crippen LogP contribution in [-0.2, 0) is 6.42 Å². The van der Waals surface area contributed by atoms with E-state index in [2.05, 4.69) is 20.0 Å². The van der Waals surface area contributed by atoms with Gasteiger partial charge in [-0.15, -0.1) is 0 Å². The van der Waals surface area contributed by atoms with Gasteiger partial charge < -0.3 is 5.84 Å². The summed E-state index contributed by atoms with van der Waals surface area (Å²) in [4.78, 5) is 0. The van der Waals surface area contributed by atoms with E-state index in [4.69, 9.17) is 11.0 Å². The molecule has 0 amide bonds. The lowest BCUT2D eigenvalue weighted by Crippen LogP contribution is -2.23. The number of hydrogen-bond donors (Lipinski definition) is 3. The molecular formula is C6H7N5O2. The van der Waals surface area contributed by atoms with Gasteiger partial charge in [0.2, 0.25) is 0 Å². The Bertz CT molecular complexity index is 380. The normalized spacial score (nSPS) is 18.2. The van der Waals surface area contributed by atoms with Crippen molar-refractivity contribution in [3.63, 3.8) is 0 Å². The van der Waals surface area contributed by atoms with Gasteiger partial charge in [-0.05, 0) is 5.16 Å². The largest absolute Gasteiger partial charge is 0.323 e. The monoisotopic (exact) mass is 181 g/mol. The van der Waals surface area contributed by atoms with Crippen molar-refractivity contribution in [2.45, 2.75) is 6.42 Å². The molecule has 13 heavy (non-hydrogen) atoms. The predicted molar refractivity (Wildman–Crippen MR) is 41.7 cm³/mol. The number of hydroxylamine groups is 1. The lowest BCUT2D eigenvalue weighted by molar-refractivity contribution is 0.207. The molecule has 0 atom stereocenters. The van der Waals surface area contributed by atoms with E-state index < -0.39 is 0 Å². The van der Waals surface area contributed by atoms with Crippen molar-refractivity contribution >= 4 is 5.71 Å². The SMILES string of the molecule is NN=C1C(NO)=CCc2nonc21. The second-order valence-electron chi connectivity index (χ2n) is 2.47. The zero-order chi connectivity index (χ0) is 9.26. The highest BCUT2D eigenvalue weighted by molar-refractivity contribution is 6.12. The number of nitrogens with zero attached hydrogens (tertiary/aromatic N) is 3. The van der Waals surface area contributed by atoms with Crippen molar-refractivity contribution in [1.29, 1.82) is 0 Å².